The number of amidine groups is 1. The molecule has 5 nitrogen and oxygen atoms in total. The lowest BCUT2D eigenvalue weighted by atomic mass is 9.91. The summed E-state index contributed by atoms with van der Waals surface area (Å²) in [5, 5.41) is 4.70. The van der Waals surface area contributed by atoms with Crippen LogP contribution in [0.2, 0.25) is 0 Å². The van der Waals surface area contributed by atoms with E-state index in [2.05, 4.69) is 142 Å². The van der Waals surface area contributed by atoms with Gasteiger partial charge in [-0.15, -0.1) is 0 Å². The minimum Gasteiger partial charge on any atom is -0.233 e. The van der Waals surface area contributed by atoms with Crippen molar-refractivity contribution in [3.05, 3.63) is 241 Å². The van der Waals surface area contributed by atoms with E-state index in [1.165, 1.54) is 27.1 Å². The van der Waals surface area contributed by atoms with Crippen LogP contribution in [0.4, 0.5) is 0 Å². The fourth-order valence-electron chi connectivity index (χ4n) is 8.62. The first kappa shape index (κ1) is 40.6. The topological polar surface area (TPSA) is 63.4 Å². The number of aryl methyl sites for hydroxylation is 2. The molecule has 10 aromatic rings. The molecule has 1 heterocycles. The van der Waals surface area contributed by atoms with E-state index in [1.807, 2.05) is 91.9 Å². The molecule has 0 unspecified atom stereocenters. The van der Waals surface area contributed by atoms with Gasteiger partial charge in [0.15, 0.2) is 23.3 Å². The largest absolute Gasteiger partial charge is 0.233 e. The van der Waals surface area contributed by atoms with Crippen LogP contribution in [0.25, 0.3) is 83.7 Å². The van der Waals surface area contributed by atoms with Crippen molar-refractivity contribution in [2.24, 2.45) is 9.98 Å². The lowest BCUT2D eigenvalue weighted by Crippen LogP contribution is -2.05. The maximum absolute atomic E-state index is 5.08. The van der Waals surface area contributed by atoms with E-state index < -0.39 is 0 Å². The number of fused-ring (bicyclic) bond motifs is 3. The highest BCUT2D eigenvalue weighted by Gasteiger charge is 2.16. The van der Waals surface area contributed by atoms with Crippen LogP contribution in [0.5, 0.6) is 0 Å². The third-order valence-corrected chi connectivity index (χ3v) is 12.0. The Morgan fingerprint density at radius 3 is 1.55 bits per heavy atom. The van der Waals surface area contributed by atoms with Gasteiger partial charge in [-0.25, -0.2) is 24.9 Å². The number of rotatable bonds is 9. The standard InChI is InChI=1S/C60H45N5/c1-39-19-11-13-29-49(39)42(4)62-57(43-21-7-5-8-22-43)61-41(3)45-25-15-26-46(37-45)51-31-17-33-53-54-34-18-32-52(56(54)36-35-55(51)53)47-27-16-28-48(38-47)59-63-58(44-23-9-6-10-24-44)64-60(65-59)50-30-14-12-20-40(50)2/h5-38H,3H2,1-2,4H3. The Bertz CT molecular complexity index is 3480. The van der Waals surface area contributed by atoms with Crippen molar-refractivity contribution in [3.63, 3.8) is 0 Å². The zero-order valence-electron chi connectivity index (χ0n) is 36.6. The van der Waals surface area contributed by atoms with E-state index in [4.69, 9.17) is 24.9 Å². The Balaban J connectivity index is 1.01. The van der Waals surface area contributed by atoms with E-state index >= 15 is 0 Å². The molecule has 0 aliphatic carbocycles. The van der Waals surface area contributed by atoms with Gasteiger partial charge >= 0.3 is 0 Å². The first-order valence-electron chi connectivity index (χ1n) is 21.9. The molecule has 0 atom stereocenters. The number of hydrogen-bond donors (Lipinski definition) is 0. The minimum absolute atomic E-state index is 0.622. The highest BCUT2D eigenvalue weighted by Crippen LogP contribution is 2.39. The summed E-state index contributed by atoms with van der Waals surface area (Å²) in [5.74, 6) is 2.55. The van der Waals surface area contributed by atoms with Gasteiger partial charge in [0.2, 0.25) is 0 Å². The Morgan fingerprint density at radius 1 is 0.385 bits per heavy atom. The molecule has 9 aromatic carbocycles. The molecule has 0 saturated heterocycles. The van der Waals surface area contributed by atoms with Gasteiger partial charge in [-0.2, -0.15) is 0 Å². The third-order valence-electron chi connectivity index (χ3n) is 12.0. The van der Waals surface area contributed by atoms with Crippen LogP contribution in [-0.2, 0) is 0 Å². The fraction of sp³-hybridized carbons (Fsp3) is 0.0500. The maximum Gasteiger partial charge on any atom is 0.164 e. The summed E-state index contributed by atoms with van der Waals surface area (Å²) in [5.41, 5.74) is 14.1. The molecule has 10 rings (SSSR count). The smallest absolute Gasteiger partial charge is 0.164 e. The van der Waals surface area contributed by atoms with Crippen LogP contribution in [0.3, 0.4) is 0 Å². The van der Waals surface area contributed by atoms with Gasteiger partial charge in [0.05, 0.1) is 5.70 Å². The fourth-order valence-corrected chi connectivity index (χ4v) is 8.62. The first-order chi connectivity index (χ1) is 31.9. The van der Waals surface area contributed by atoms with Crippen LogP contribution < -0.4 is 0 Å². The quantitative estimate of drug-likeness (QED) is 0.0826. The SMILES string of the molecule is C=C(N=C(N=C(C)c1ccccc1C)c1ccccc1)c1cccc(-c2cccc3c2ccc2c(-c4cccc(-c5nc(-c6ccccc6)nc(-c6ccccc6C)n5)c4)cccc23)c1. The van der Waals surface area contributed by atoms with E-state index in [0.717, 1.165) is 66.9 Å². The zero-order valence-corrected chi connectivity index (χ0v) is 36.6. The van der Waals surface area contributed by atoms with Crippen LogP contribution in [-0.4, -0.2) is 26.5 Å². The summed E-state index contributed by atoms with van der Waals surface area (Å²) in [6.45, 7) is 10.7. The van der Waals surface area contributed by atoms with Gasteiger partial charge in [-0.1, -0.05) is 201 Å². The van der Waals surface area contributed by atoms with E-state index in [0.29, 0.717) is 29.0 Å². The lowest BCUT2D eigenvalue weighted by molar-refractivity contribution is 1.07. The predicted molar refractivity (Wildman–Crippen MR) is 272 cm³/mol. The molecule has 0 N–H and O–H groups in total. The molecular formula is C60H45N5. The molecule has 0 radical (unpaired) electrons. The van der Waals surface area contributed by atoms with E-state index in [-0.39, 0.29) is 0 Å². The number of aliphatic imine (C=N–C) groups is 2. The van der Waals surface area contributed by atoms with Crippen LogP contribution in [0.1, 0.15) is 34.7 Å². The molecule has 0 fully saturated rings. The summed E-state index contributed by atoms with van der Waals surface area (Å²) in [6, 6.07) is 71.4. The normalized spacial score (nSPS) is 11.9. The van der Waals surface area contributed by atoms with Crippen molar-refractivity contribution in [2.45, 2.75) is 20.8 Å². The van der Waals surface area contributed by atoms with Crippen molar-refractivity contribution in [1.82, 2.24) is 15.0 Å². The number of benzene rings is 9. The summed E-state index contributed by atoms with van der Waals surface area (Å²) < 4.78 is 0. The van der Waals surface area contributed by atoms with Crippen molar-refractivity contribution >= 4 is 38.8 Å². The molecule has 0 spiro atoms. The van der Waals surface area contributed by atoms with Crippen molar-refractivity contribution in [2.75, 3.05) is 0 Å². The average Bonchev–Trinajstić information content (AvgIpc) is 3.36. The number of aromatic nitrogens is 3. The van der Waals surface area contributed by atoms with Crippen molar-refractivity contribution in [3.8, 4) is 56.4 Å². The second-order valence-corrected chi connectivity index (χ2v) is 16.3. The zero-order chi connectivity index (χ0) is 44.3. The average molecular weight is 836 g/mol. The van der Waals surface area contributed by atoms with Gasteiger partial charge in [-0.3, -0.25) is 0 Å². The second-order valence-electron chi connectivity index (χ2n) is 16.3. The molecular weight excluding hydrogens is 791 g/mol. The van der Waals surface area contributed by atoms with Crippen LogP contribution in [0.15, 0.2) is 223 Å². The van der Waals surface area contributed by atoms with Crippen molar-refractivity contribution < 1.29 is 0 Å². The second kappa shape index (κ2) is 17.8. The van der Waals surface area contributed by atoms with E-state index in [1.54, 1.807) is 0 Å². The summed E-state index contributed by atoms with van der Waals surface area (Å²) in [7, 11) is 0. The summed E-state index contributed by atoms with van der Waals surface area (Å²) >= 11 is 0. The molecule has 5 heteroatoms. The Hall–Kier alpha value is -8.41. The van der Waals surface area contributed by atoms with Crippen LogP contribution in [0, 0.1) is 13.8 Å². The molecule has 1 aromatic heterocycles. The molecule has 0 aliphatic heterocycles. The summed E-state index contributed by atoms with van der Waals surface area (Å²) in [6.07, 6.45) is 0. The lowest BCUT2D eigenvalue weighted by Gasteiger charge is -2.14. The maximum atomic E-state index is 5.08. The monoisotopic (exact) mass is 835 g/mol. The highest BCUT2D eigenvalue weighted by atomic mass is 15.0. The van der Waals surface area contributed by atoms with Crippen LogP contribution >= 0.6 is 0 Å². The molecule has 0 saturated carbocycles. The molecule has 0 amide bonds. The first-order valence-corrected chi connectivity index (χ1v) is 21.9. The van der Waals surface area contributed by atoms with Gasteiger partial charge in [-0.05, 0) is 93.4 Å². The Labute approximate surface area is 380 Å². The molecule has 0 aliphatic rings. The minimum atomic E-state index is 0.622. The molecule has 0 bridgehead atoms. The number of hydrogen-bond acceptors (Lipinski definition) is 4. The summed E-state index contributed by atoms with van der Waals surface area (Å²) in [4.78, 5) is 25.2. The van der Waals surface area contributed by atoms with Gasteiger partial charge < -0.3 is 0 Å². The molecule has 310 valence electrons. The van der Waals surface area contributed by atoms with Gasteiger partial charge in [0.25, 0.3) is 0 Å². The third kappa shape index (κ3) is 8.31. The molecule has 65 heavy (non-hydrogen) atoms. The Kier molecular flexibility index (Phi) is 11.1. The van der Waals surface area contributed by atoms with Gasteiger partial charge in [0.1, 0.15) is 0 Å². The highest BCUT2D eigenvalue weighted by molar-refractivity contribution is 6.16. The van der Waals surface area contributed by atoms with E-state index in [9.17, 15) is 0 Å². The van der Waals surface area contributed by atoms with Gasteiger partial charge in [0, 0.05) is 33.5 Å². The number of nitrogens with zero attached hydrogens (tertiary/aromatic N) is 5. The van der Waals surface area contributed by atoms with Crippen molar-refractivity contribution in [1.29, 1.82) is 0 Å². The predicted octanol–water partition coefficient (Wildman–Crippen LogP) is 15.1. The Morgan fingerprint density at radius 2 is 0.877 bits per heavy atom.